The van der Waals surface area contributed by atoms with E-state index >= 15 is 0 Å². The number of hydrogen-bond acceptors (Lipinski definition) is 0. The monoisotopic (exact) mass is 424 g/mol. The van der Waals surface area contributed by atoms with Gasteiger partial charge in [0.05, 0.1) is 0 Å². The Morgan fingerprint density at radius 2 is 1.26 bits per heavy atom. The number of fused-ring (bicyclic) bond motifs is 7. The van der Waals surface area contributed by atoms with Gasteiger partial charge in [-0.2, -0.15) is 0 Å². The third kappa shape index (κ3) is 2.72. The van der Waals surface area contributed by atoms with Crippen LogP contribution >= 0.6 is 0 Å². The molecule has 0 aromatic carbocycles. The molecule has 0 spiro atoms. The first-order chi connectivity index (χ1) is 14.2. The molecule has 31 heavy (non-hydrogen) atoms. The second-order valence-electron chi connectivity index (χ2n) is 15.5. The summed E-state index contributed by atoms with van der Waals surface area (Å²) in [5.74, 6) is 3.45. The van der Waals surface area contributed by atoms with Gasteiger partial charge in [0, 0.05) is 0 Å². The first-order valence-corrected chi connectivity index (χ1v) is 13.9. The summed E-state index contributed by atoms with van der Waals surface area (Å²) in [7, 11) is 0. The molecule has 5 saturated carbocycles. The van der Waals surface area contributed by atoms with E-state index in [1.165, 1.54) is 70.6 Å². The van der Waals surface area contributed by atoms with E-state index in [4.69, 9.17) is 0 Å². The van der Waals surface area contributed by atoms with Crippen molar-refractivity contribution in [3.63, 3.8) is 0 Å². The molecule has 0 heteroatoms. The van der Waals surface area contributed by atoms with Crippen LogP contribution in [0.1, 0.15) is 126 Å². The fraction of sp³-hybridized carbons (Fsp3) is 0.935. The normalized spacial score (nSPS) is 58.5. The first kappa shape index (κ1) is 22.5. The van der Waals surface area contributed by atoms with Crippen LogP contribution in [-0.2, 0) is 0 Å². The van der Waals surface area contributed by atoms with E-state index in [2.05, 4.69) is 62.0 Å². The maximum atomic E-state index is 4.51. The molecule has 0 N–H and O–H groups in total. The van der Waals surface area contributed by atoms with Crippen LogP contribution in [0.5, 0.6) is 0 Å². The van der Waals surface area contributed by atoms with E-state index in [1.54, 1.807) is 5.57 Å². The Labute approximate surface area is 194 Å². The van der Waals surface area contributed by atoms with Crippen LogP contribution in [-0.4, -0.2) is 0 Å². The quantitative estimate of drug-likeness (QED) is 0.340. The predicted octanol–water partition coefficient (Wildman–Crippen LogP) is 9.44. The number of allylic oxidation sites excluding steroid dienone is 1. The summed E-state index contributed by atoms with van der Waals surface area (Å²) >= 11 is 0. The highest BCUT2D eigenvalue weighted by molar-refractivity contribution is 5.22. The summed E-state index contributed by atoms with van der Waals surface area (Å²) < 4.78 is 0. The highest BCUT2D eigenvalue weighted by Crippen LogP contribution is 2.78. The third-order valence-corrected chi connectivity index (χ3v) is 13.9. The van der Waals surface area contributed by atoms with Crippen LogP contribution < -0.4 is 0 Å². The Hall–Kier alpha value is -0.260. The van der Waals surface area contributed by atoms with Crippen molar-refractivity contribution in [2.45, 2.75) is 126 Å². The van der Waals surface area contributed by atoms with E-state index < -0.39 is 0 Å². The molecule has 5 rings (SSSR count). The van der Waals surface area contributed by atoms with Crippen LogP contribution in [0.25, 0.3) is 0 Å². The Bertz CT molecular complexity index is 775. The zero-order valence-electron chi connectivity index (χ0n) is 22.3. The van der Waals surface area contributed by atoms with Crippen molar-refractivity contribution >= 4 is 0 Å². The lowest BCUT2D eigenvalue weighted by atomic mass is 9.30. The van der Waals surface area contributed by atoms with E-state index in [9.17, 15) is 0 Å². The minimum absolute atomic E-state index is 0.487. The molecule has 0 heterocycles. The zero-order valence-corrected chi connectivity index (χ0v) is 22.3. The molecule has 0 saturated heterocycles. The largest absolute Gasteiger partial charge is 0.0996 e. The molecule has 0 radical (unpaired) electrons. The minimum Gasteiger partial charge on any atom is -0.0996 e. The van der Waals surface area contributed by atoms with Crippen molar-refractivity contribution < 1.29 is 0 Å². The highest BCUT2D eigenvalue weighted by Gasteiger charge is 2.70. The Kier molecular flexibility index (Phi) is 4.68. The summed E-state index contributed by atoms with van der Waals surface area (Å²) in [6, 6.07) is 0. The van der Waals surface area contributed by atoms with Gasteiger partial charge < -0.3 is 0 Å². The van der Waals surface area contributed by atoms with E-state index in [0.717, 1.165) is 17.8 Å². The number of rotatable bonds is 0. The molecule has 9 atom stereocenters. The fourth-order valence-corrected chi connectivity index (χ4v) is 11.3. The topological polar surface area (TPSA) is 0 Å². The third-order valence-electron chi connectivity index (χ3n) is 13.9. The molecule has 0 aromatic heterocycles. The SMILES string of the molecule is C=C1CCC2C(C)(CCC3C2(C)CCC2(C)C4CC(C)(C)CCC4(C)CCC32C)C1C. The van der Waals surface area contributed by atoms with Gasteiger partial charge in [-0.05, 0) is 127 Å². The lowest BCUT2D eigenvalue weighted by molar-refractivity contribution is -0.255. The molecule has 5 fully saturated rings. The van der Waals surface area contributed by atoms with Crippen molar-refractivity contribution in [1.82, 2.24) is 0 Å². The molecular formula is C31H52. The molecule has 0 amide bonds. The van der Waals surface area contributed by atoms with Crippen molar-refractivity contribution in [2.75, 3.05) is 0 Å². The van der Waals surface area contributed by atoms with Crippen LogP contribution in [0.15, 0.2) is 12.2 Å². The minimum atomic E-state index is 0.487. The molecule has 9 unspecified atom stereocenters. The smallest absolute Gasteiger partial charge is 0.0177 e. The Morgan fingerprint density at radius 1 is 0.645 bits per heavy atom. The Morgan fingerprint density at radius 3 is 1.97 bits per heavy atom. The molecule has 0 aliphatic heterocycles. The van der Waals surface area contributed by atoms with Gasteiger partial charge in [-0.1, -0.05) is 67.5 Å². The van der Waals surface area contributed by atoms with Crippen LogP contribution in [0.3, 0.4) is 0 Å². The molecule has 0 nitrogen and oxygen atoms in total. The summed E-state index contributed by atoms with van der Waals surface area (Å²) in [6.45, 7) is 25.9. The van der Waals surface area contributed by atoms with E-state index in [-0.39, 0.29) is 0 Å². The van der Waals surface area contributed by atoms with Crippen LogP contribution in [0.2, 0.25) is 0 Å². The van der Waals surface area contributed by atoms with Gasteiger partial charge in [0.15, 0.2) is 0 Å². The zero-order chi connectivity index (χ0) is 22.7. The van der Waals surface area contributed by atoms with Gasteiger partial charge in [-0.3, -0.25) is 0 Å². The summed E-state index contributed by atoms with van der Waals surface area (Å²) in [5.41, 5.74) is 4.75. The maximum Gasteiger partial charge on any atom is -0.0177 e. The standard InChI is InChI=1S/C31H52/c1-21-10-11-23-28(6,22(21)2)13-12-24-29(23,7)17-19-31(9)25-20-26(3,4)14-15-27(25,5)16-18-30(24,31)8/h22-25H,1,10-20H2,2-9H3. The Balaban J connectivity index is 1.55. The van der Waals surface area contributed by atoms with Crippen molar-refractivity contribution in [1.29, 1.82) is 0 Å². The molecule has 176 valence electrons. The van der Waals surface area contributed by atoms with Crippen molar-refractivity contribution in [3.05, 3.63) is 12.2 Å². The average molecular weight is 425 g/mol. The maximum absolute atomic E-state index is 4.51. The second kappa shape index (κ2) is 6.44. The molecule has 0 aromatic rings. The summed E-state index contributed by atoms with van der Waals surface area (Å²) in [6.07, 6.45) is 15.9. The van der Waals surface area contributed by atoms with Gasteiger partial charge in [-0.25, -0.2) is 0 Å². The van der Waals surface area contributed by atoms with Crippen LogP contribution in [0, 0.1) is 56.2 Å². The molecular weight excluding hydrogens is 372 g/mol. The predicted molar refractivity (Wildman–Crippen MR) is 134 cm³/mol. The van der Waals surface area contributed by atoms with Gasteiger partial charge in [0.1, 0.15) is 0 Å². The second-order valence-corrected chi connectivity index (χ2v) is 15.5. The number of hydrogen-bond donors (Lipinski definition) is 0. The summed E-state index contributed by atoms with van der Waals surface area (Å²) in [4.78, 5) is 0. The van der Waals surface area contributed by atoms with E-state index in [0.29, 0.717) is 38.4 Å². The van der Waals surface area contributed by atoms with Gasteiger partial charge in [0.2, 0.25) is 0 Å². The molecule has 5 aliphatic rings. The lowest BCUT2D eigenvalue weighted by Crippen LogP contribution is -2.67. The lowest BCUT2D eigenvalue weighted by Gasteiger charge is -2.75. The van der Waals surface area contributed by atoms with Gasteiger partial charge in [0.25, 0.3) is 0 Å². The summed E-state index contributed by atoms with van der Waals surface area (Å²) in [5, 5.41) is 0. The van der Waals surface area contributed by atoms with Crippen molar-refractivity contribution in [2.24, 2.45) is 56.2 Å². The van der Waals surface area contributed by atoms with Gasteiger partial charge >= 0.3 is 0 Å². The van der Waals surface area contributed by atoms with Gasteiger partial charge in [-0.15, -0.1) is 0 Å². The highest BCUT2D eigenvalue weighted by atomic mass is 14.7. The fourth-order valence-electron chi connectivity index (χ4n) is 11.3. The molecule has 0 bridgehead atoms. The average Bonchev–Trinajstić information content (AvgIpc) is 2.69. The molecule has 5 aliphatic carbocycles. The van der Waals surface area contributed by atoms with Crippen molar-refractivity contribution in [3.8, 4) is 0 Å². The van der Waals surface area contributed by atoms with E-state index in [1.807, 2.05) is 0 Å². The first-order valence-electron chi connectivity index (χ1n) is 13.9. The van der Waals surface area contributed by atoms with Crippen LogP contribution in [0.4, 0.5) is 0 Å².